The van der Waals surface area contributed by atoms with Crippen LogP contribution < -0.4 is 15.4 Å². The van der Waals surface area contributed by atoms with Gasteiger partial charge < -0.3 is 15.0 Å². The summed E-state index contributed by atoms with van der Waals surface area (Å²) < 4.78 is 5.46. The van der Waals surface area contributed by atoms with Crippen LogP contribution in [0.1, 0.15) is 19.3 Å². The highest BCUT2D eigenvalue weighted by atomic mass is 16.5. The first-order valence-electron chi connectivity index (χ1n) is 10.0. The molecule has 0 bridgehead atoms. The van der Waals surface area contributed by atoms with E-state index in [-0.39, 0.29) is 6.03 Å². The number of nitrogens with one attached hydrogen (secondary N) is 3. The van der Waals surface area contributed by atoms with Crippen LogP contribution in [-0.2, 0) is 0 Å². The Labute approximate surface area is 170 Å². The van der Waals surface area contributed by atoms with E-state index in [1.165, 1.54) is 12.8 Å². The highest BCUT2D eigenvalue weighted by Gasteiger charge is 2.20. The monoisotopic (exact) mass is 393 g/mol. The lowest BCUT2D eigenvalue weighted by molar-refractivity contribution is 0.248. The van der Waals surface area contributed by atoms with Crippen molar-refractivity contribution in [3.05, 3.63) is 42.5 Å². The summed E-state index contributed by atoms with van der Waals surface area (Å²) in [5, 5.41) is 13.9. The summed E-state index contributed by atoms with van der Waals surface area (Å²) in [5.74, 6) is 1.35. The molecule has 0 spiro atoms. The summed E-state index contributed by atoms with van der Waals surface area (Å²) >= 11 is 0. The number of urea groups is 1. The SMILES string of the molecule is COc1ccccc1-c1ccc2c(NC(=O)NCCC3CCCN3C)n[nH]c2c1. The van der Waals surface area contributed by atoms with E-state index < -0.39 is 0 Å². The normalized spacial score (nSPS) is 16.8. The van der Waals surface area contributed by atoms with Crippen LogP contribution in [0.3, 0.4) is 0 Å². The number of benzene rings is 2. The van der Waals surface area contributed by atoms with E-state index in [0.29, 0.717) is 18.4 Å². The van der Waals surface area contributed by atoms with Crippen molar-refractivity contribution < 1.29 is 9.53 Å². The van der Waals surface area contributed by atoms with Gasteiger partial charge in [-0.2, -0.15) is 5.10 Å². The van der Waals surface area contributed by atoms with E-state index in [1.807, 2.05) is 42.5 Å². The van der Waals surface area contributed by atoms with Crippen molar-refractivity contribution >= 4 is 22.8 Å². The molecule has 152 valence electrons. The molecular formula is C22H27N5O2. The molecule has 7 heteroatoms. The number of carbonyl (C=O) groups excluding carboxylic acids is 1. The first-order chi connectivity index (χ1) is 14.2. The molecule has 3 aromatic rings. The number of para-hydroxylation sites is 1. The number of amides is 2. The van der Waals surface area contributed by atoms with Crippen LogP contribution in [0.15, 0.2) is 42.5 Å². The van der Waals surface area contributed by atoms with E-state index in [2.05, 4.69) is 32.8 Å². The minimum absolute atomic E-state index is 0.229. The number of hydrogen-bond donors (Lipinski definition) is 3. The fourth-order valence-corrected chi connectivity index (χ4v) is 4.01. The first kappa shape index (κ1) is 19.3. The summed E-state index contributed by atoms with van der Waals surface area (Å²) in [6.45, 7) is 1.80. The van der Waals surface area contributed by atoms with Crippen LogP contribution in [0.5, 0.6) is 5.75 Å². The summed E-state index contributed by atoms with van der Waals surface area (Å²) in [5.41, 5.74) is 2.89. The van der Waals surface area contributed by atoms with Crippen molar-refractivity contribution in [3.8, 4) is 16.9 Å². The molecule has 2 heterocycles. The van der Waals surface area contributed by atoms with Gasteiger partial charge in [-0.15, -0.1) is 0 Å². The van der Waals surface area contributed by atoms with E-state index in [0.717, 1.165) is 40.7 Å². The molecule has 2 amide bonds. The molecule has 0 radical (unpaired) electrons. The number of H-pyrrole nitrogens is 1. The molecule has 29 heavy (non-hydrogen) atoms. The molecule has 1 saturated heterocycles. The van der Waals surface area contributed by atoms with E-state index in [9.17, 15) is 4.79 Å². The van der Waals surface area contributed by atoms with E-state index in [4.69, 9.17) is 4.74 Å². The van der Waals surface area contributed by atoms with Gasteiger partial charge in [0, 0.05) is 23.5 Å². The smallest absolute Gasteiger partial charge is 0.320 e. The van der Waals surface area contributed by atoms with E-state index in [1.54, 1.807) is 7.11 Å². The number of likely N-dealkylation sites (tertiary alicyclic amines) is 1. The van der Waals surface area contributed by atoms with E-state index >= 15 is 0 Å². The minimum Gasteiger partial charge on any atom is -0.496 e. The van der Waals surface area contributed by atoms with Crippen LogP contribution in [0.2, 0.25) is 0 Å². The van der Waals surface area contributed by atoms with Gasteiger partial charge in [0.05, 0.1) is 12.6 Å². The average molecular weight is 393 g/mol. The Bertz CT molecular complexity index is 1000. The van der Waals surface area contributed by atoms with Gasteiger partial charge in [0.1, 0.15) is 5.75 Å². The predicted octanol–water partition coefficient (Wildman–Crippen LogP) is 3.84. The number of anilines is 1. The van der Waals surface area contributed by atoms with Crippen LogP contribution in [0.25, 0.3) is 22.0 Å². The zero-order valence-electron chi connectivity index (χ0n) is 16.9. The predicted molar refractivity (Wildman–Crippen MR) is 115 cm³/mol. The van der Waals surface area contributed by atoms with Gasteiger partial charge in [-0.05, 0) is 56.6 Å². The Morgan fingerprint density at radius 2 is 2.17 bits per heavy atom. The van der Waals surface area contributed by atoms with Crippen molar-refractivity contribution in [2.45, 2.75) is 25.3 Å². The fraction of sp³-hybridized carbons (Fsp3) is 0.364. The van der Waals surface area contributed by atoms with Gasteiger partial charge in [0.15, 0.2) is 5.82 Å². The van der Waals surface area contributed by atoms with Gasteiger partial charge in [-0.1, -0.05) is 24.3 Å². The molecule has 1 aliphatic heterocycles. The van der Waals surface area contributed by atoms with Crippen LogP contribution in [0.4, 0.5) is 10.6 Å². The minimum atomic E-state index is -0.229. The van der Waals surface area contributed by atoms with Gasteiger partial charge >= 0.3 is 6.03 Å². The molecule has 1 aromatic heterocycles. The van der Waals surface area contributed by atoms with Crippen molar-refractivity contribution in [3.63, 3.8) is 0 Å². The van der Waals surface area contributed by atoms with Crippen LogP contribution in [0, 0.1) is 0 Å². The number of ether oxygens (including phenoxy) is 1. The second kappa shape index (κ2) is 8.53. The van der Waals surface area contributed by atoms with Crippen molar-refractivity contribution in [1.29, 1.82) is 0 Å². The van der Waals surface area contributed by atoms with Crippen LogP contribution in [-0.4, -0.2) is 54.4 Å². The summed E-state index contributed by atoms with van der Waals surface area (Å²) in [6, 6.07) is 14.2. The Morgan fingerprint density at radius 1 is 1.31 bits per heavy atom. The maximum atomic E-state index is 12.3. The number of hydrogen-bond acceptors (Lipinski definition) is 4. The Balaban J connectivity index is 1.41. The molecule has 0 saturated carbocycles. The number of aromatic amines is 1. The molecular weight excluding hydrogens is 366 g/mol. The van der Waals surface area contributed by atoms with Gasteiger partial charge in [0.2, 0.25) is 0 Å². The average Bonchev–Trinajstić information content (AvgIpc) is 3.33. The highest BCUT2D eigenvalue weighted by molar-refractivity contribution is 6.00. The maximum absolute atomic E-state index is 12.3. The second-order valence-corrected chi connectivity index (χ2v) is 7.48. The first-order valence-corrected chi connectivity index (χ1v) is 10.0. The molecule has 7 nitrogen and oxygen atoms in total. The Hall–Kier alpha value is -3.06. The quantitative estimate of drug-likeness (QED) is 0.594. The second-order valence-electron chi connectivity index (χ2n) is 7.48. The number of nitrogens with zero attached hydrogens (tertiary/aromatic N) is 2. The van der Waals surface area contributed by atoms with Gasteiger partial charge in [0.25, 0.3) is 0 Å². The lowest BCUT2D eigenvalue weighted by Crippen LogP contribution is -2.34. The van der Waals surface area contributed by atoms with Gasteiger partial charge in [-0.3, -0.25) is 10.4 Å². The topological polar surface area (TPSA) is 82.3 Å². The lowest BCUT2D eigenvalue weighted by Gasteiger charge is -2.19. The Kier molecular flexibility index (Phi) is 5.67. The van der Waals surface area contributed by atoms with Crippen molar-refractivity contribution in [2.24, 2.45) is 0 Å². The molecule has 1 fully saturated rings. The molecule has 4 rings (SSSR count). The number of rotatable bonds is 6. The third-order valence-electron chi connectivity index (χ3n) is 5.65. The zero-order valence-corrected chi connectivity index (χ0v) is 16.9. The standard InChI is InChI=1S/C22H27N5O2/c1-27-13-5-6-16(27)11-12-23-22(28)24-21-18-10-9-15(14-19(18)25-26-21)17-7-3-4-8-20(17)29-2/h3-4,7-10,14,16H,5-6,11-13H2,1-2H3,(H3,23,24,25,26,28). The lowest BCUT2D eigenvalue weighted by atomic mass is 10.0. The third kappa shape index (κ3) is 4.19. The molecule has 0 aliphatic carbocycles. The molecule has 3 N–H and O–H groups in total. The van der Waals surface area contributed by atoms with Crippen molar-refractivity contribution in [1.82, 2.24) is 20.4 Å². The molecule has 1 unspecified atom stereocenters. The zero-order chi connectivity index (χ0) is 20.2. The third-order valence-corrected chi connectivity index (χ3v) is 5.65. The van der Waals surface area contributed by atoms with Crippen molar-refractivity contribution in [2.75, 3.05) is 32.6 Å². The summed E-state index contributed by atoms with van der Waals surface area (Å²) in [7, 11) is 3.81. The Morgan fingerprint density at radius 3 is 2.97 bits per heavy atom. The maximum Gasteiger partial charge on any atom is 0.320 e. The fourth-order valence-electron chi connectivity index (χ4n) is 4.01. The highest BCUT2D eigenvalue weighted by Crippen LogP contribution is 2.32. The number of methoxy groups -OCH3 is 1. The number of fused-ring (bicyclic) bond motifs is 1. The largest absolute Gasteiger partial charge is 0.496 e. The molecule has 1 atom stereocenters. The molecule has 2 aromatic carbocycles. The van der Waals surface area contributed by atoms with Gasteiger partial charge in [-0.25, -0.2) is 4.79 Å². The number of aromatic nitrogens is 2. The van der Waals surface area contributed by atoms with Crippen LogP contribution >= 0.6 is 0 Å². The summed E-state index contributed by atoms with van der Waals surface area (Å²) in [4.78, 5) is 14.6. The molecule has 1 aliphatic rings. The number of carbonyl (C=O) groups is 1. The summed E-state index contributed by atoms with van der Waals surface area (Å²) in [6.07, 6.45) is 3.41.